The molecule has 146 valence electrons. The van der Waals surface area contributed by atoms with E-state index in [1.807, 2.05) is 0 Å². The molecule has 0 aromatic heterocycles. The summed E-state index contributed by atoms with van der Waals surface area (Å²) in [6, 6.07) is 10.5. The van der Waals surface area contributed by atoms with Crippen molar-refractivity contribution in [1.82, 2.24) is 4.31 Å². The zero-order chi connectivity index (χ0) is 20.5. The van der Waals surface area contributed by atoms with Crippen molar-refractivity contribution in [2.75, 3.05) is 5.32 Å². The first-order valence-electron chi connectivity index (χ1n) is 8.49. The summed E-state index contributed by atoms with van der Waals surface area (Å²) in [5.74, 6) is -2.66. The van der Waals surface area contributed by atoms with E-state index in [9.17, 15) is 27.9 Å². The summed E-state index contributed by atoms with van der Waals surface area (Å²) >= 11 is 0. The Morgan fingerprint density at radius 3 is 2.39 bits per heavy atom. The lowest BCUT2D eigenvalue weighted by Gasteiger charge is -2.24. The molecule has 0 bridgehead atoms. The summed E-state index contributed by atoms with van der Waals surface area (Å²) in [6.45, 7) is 1.80. The van der Waals surface area contributed by atoms with Crippen molar-refractivity contribution in [1.29, 1.82) is 0 Å². The number of nitrogens with zero attached hydrogens (tertiary/aromatic N) is 1. The first-order chi connectivity index (χ1) is 13.2. The number of carboxylic acids is 1. The first-order valence-corrected chi connectivity index (χ1v) is 9.93. The number of para-hydroxylation sites is 1. The van der Waals surface area contributed by atoms with Crippen LogP contribution in [0.4, 0.5) is 5.69 Å². The van der Waals surface area contributed by atoms with Crippen molar-refractivity contribution < 1.29 is 27.9 Å². The Kier molecular flexibility index (Phi) is 5.19. The van der Waals surface area contributed by atoms with Gasteiger partial charge in [0.15, 0.2) is 0 Å². The van der Waals surface area contributed by atoms with Crippen LogP contribution in [0.1, 0.15) is 28.8 Å². The van der Waals surface area contributed by atoms with Gasteiger partial charge in [0.1, 0.15) is 6.04 Å². The van der Waals surface area contributed by atoms with E-state index in [2.05, 4.69) is 5.32 Å². The van der Waals surface area contributed by atoms with Gasteiger partial charge in [0.05, 0.1) is 16.1 Å². The molecule has 8 nitrogen and oxygen atoms in total. The standard InChI is InChI=1S/C19H18N2O6S/c1-12-6-8-13(9-7-12)28(26,27)21-16(10-11-17(21)22)18(23)20-15-5-3-2-4-14(15)19(24)25/h2-9,16H,10-11H2,1H3,(H,20,23)(H,24,25)/t16-/m1/s1. The third-order valence-electron chi connectivity index (χ3n) is 4.46. The summed E-state index contributed by atoms with van der Waals surface area (Å²) < 4.78 is 26.5. The Labute approximate surface area is 161 Å². The van der Waals surface area contributed by atoms with Crippen LogP contribution in [0.2, 0.25) is 0 Å². The third kappa shape index (κ3) is 3.61. The van der Waals surface area contributed by atoms with Gasteiger partial charge < -0.3 is 10.4 Å². The second kappa shape index (κ2) is 7.43. The van der Waals surface area contributed by atoms with E-state index in [1.54, 1.807) is 25.1 Å². The van der Waals surface area contributed by atoms with Crippen molar-refractivity contribution >= 4 is 33.5 Å². The van der Waals surface area contributed by atoms with Crippen LogP contribution in [-0.4, -0.2) is 41.7 Å². The molecule has 1 saturated heterocycles. The van der Waals surface area contributed by atoms with Crippen molar-refractivity contribution in [2.24, 2.45) is 0 Å². The van der Waals surface area contributed by atoms with Gasteiger partial charge in [-0.3, -0.25) is 9.59 Å². The van der Waals surface area contributed by atoms with Crippen LogP contribution in [0.5, 0.6) is 0 Å². The van der Waals surface area contributed by atoms with Gasteiger partial charge in [-0.1, -0.05) is 29.8 Å². The number of carbonyl (C=O) groups excluding carboxylic acids is 2. The third-order valence-corrected chi connectivity index (χ3v) is 6.30. The fourth-order valence-electron chi connectivity index (χ4n) is 3.02. The number of hydrogen-bond donors (Lipinski definition) is 2. The normalized spacial score (nSPS) is 16.8. The molecule has 2 aromatic carbocycles. The monoisotopic (exact) mass is 402 g/mol. The number of aryl methyl sites for hydroxylation is 1. The van der Waals surface area contributed by atoms with E-state index in [4.69, 9.17) is 0 Å². The summed E-state index contributed by atoms with van der Waals surface area (Å²) in [5.41, 5.74) is 0.756. The number of hydrogen-bond acceptors (Lipinski definition) is 5. The lowest BCUT2D eigenvalue weighted by atomic mass is 10.1. The highest BCUT2D eigenvalue weighted by Crippen LogP contribution is 2.28. The summed E-state index contributed by atoms with van der Waals surface area (Å²) in [6.07, 6.45) is -0.0747. The average Bonchev–Trinajstić information content (AvgIpc) is 3.05. The van der Waals surface area contributed by atoms with Gasteiger partial charge in [-0.2, -0.15) is 0 Å². The second-order valence-corrected chi connectivity index (χ2v) is 8.22. The molecule has 3 rings (SSSR count). The van der Waals surface area contributed by atoms with Gasteiger partial charge in [-0.25, -0.2) is 17.5 Å². The molecule has 1 atom stereocenters. The van der Waals surface area contributed by atoms with Gasteiger partial charge in [0.2, 0.25) is 11.8 Å². The second-order valence-electron chi connectivity index (χ2n) is 6.40. The molecule has 0 radical (unpaired) electrons. The number of rotatable bonds is 5. The van der Waals surface area contributed by atoms with E-state index in [-0.39, 0.29) is 29.0 Å². The number of benzene rings is 2. The molecular weight excluding hydrogens is 384 g/mol. The van der Waals surface area contributed by atoms with E-state index >= 15 is 0 Å². The minimum atomic E-state index is -4.21. The highest BCUT2D eigenvalue weighted by Gasteiger charge is 2.44. The lowest BCUT2D eigenvalue weighted by molar-refractivity contribution is -0.128. The van der Waals surface area contributed by atoms with Crippen molar-refractivity contribution in [2.45, 2.75) is 30.7 Å². The van der Waals surface area contributed by atoms with E-state index in [0.717, 1.165) is 5.56 Å². The summed E-state index contributed by atoms with van der Waals surface area (Å²) in [7, 11) is -4.21. The van der Waals surface area contributed by atoms with E-state index in [1.165, 1.54) is 30.3 Å². The van der Waals surface area contributed by atoms with Crippen LogP contribution in [0.25, 0.3) is 0 Å². The molecule has 0 unspecified atom stereocenters. The first kappa shape index (κ1) is 19.6. The molecule has 1 aliphatic rings. The van der Waals surface area contributed by atoms with Crippen LogP contribution in [0.15, 0.2) is 53.4 Å². The number of nitrogens with one attached hydrogen (secondary N) is 1. The fourth-order valence-corrected chi connectivity index (χ4v) is 4.62. The Morgan fingerprint density at radius 1 is 1.11 bits per heavy atom. The maximum atomic E-state index is 12.9. The number of carboxylic acid groups (broad SMARTS) is 1. The van der Waals surface area contributed by atoms with Crippen molar-refractivity contribution in [3.05, 3.63) is 59.7 Å². The van der Waals surface area contributed by atoms with E-state index < -0.39 is 33.8 Å². The fraction of sp³-hybridized carbons (Fsp3) is 0.211. The zero-order valence-corrected chi connectivity index (χ0v) is 15.8. The molecule has 0 spiro atoms. The molecule has 1 aliphatic heterocycles. The molecular formula is C19H18N2O6S. The Morgan fingerprint density at radius 2 is 1.75 bits per heavy atom. The largest absolute Gasteiger partial charge is 0.478 e. The molecule has 1 heterocycles. The smallest absolute Gasteiger partial charge is 0.337 e. The predicted octanol–water partition coefficient (Wildman–Crippen LogP) is 2.01. The molecule has 28 heavy (non-hydrogen) atoms. The van der Waals surface area contributed by atoms with E-state index in [0.29, 0.717) is 4.31 Å². The van der Waals surface area contributed by atoms with Crippen molar-refractivity contribution in [3.8, 4) is 0 Å². The number of sulfonamides is 1. The molecule has 0 saturated carbocycles. The minimum absolute atomic E-state index is 0.0188. The maximum Gasteiger partial charge on any atom is 0.337 e. The van der Waals surface area contributed by atoms with Gasteiger partial charge in [-0.15, -0.1) is 0 Å². The zero-order valence-electron chi connectivity index (χ0n) is 15.0. The van der Waals surface area contributed by atoms with Gasteiger partial charge >= 0.3 is 5.97 Å². The topological polar surface area (TPSA) is 121 Å². The summed E-state index contributed by atoms with van der Waals surface area (Å²) in [4.78, 5) is 36.2. The van der Waals surface area contributed by atoms with Crippen molar-refractivity contribution in [3.63, 3.8) is 0 Å². The van der Waals surface area contributed by atoms with Crippen LogP contribution in [0.3, 0.4) is 0 Å². The molecule has 2 aromatic rings. The Bertz CT molecular complexity index is 1050. The SMILES string of the molecule is Cc1ccc(S(=O)(=O)N2C(=O)CC[C@@H]2C(=O)Nc2ccccc2C(=O)O)cc1. The van der Waals surface area contributed by atoms with Crippen LogP contribution >= 0.6 is 0 Å². The van der Waals surface area contributed by atoms with Crippen LogP contribution < -0.4 is 5.32 Å². The molecule has 0 aliphatic carbocycles. The Hall–Kier alpha value is -3.20. The Balaban J connectivity index is 1.91. The van der Waals surface area contributed by atoms with Gasteiger partial charge in [0.25, 0.3) is 10.0 Å². The van der Waals surface area contributed by atoms with Crippen LogP contribution in [0, 0.1) is 6.92 Å². The number of carbonyl (C=O) groups is 3. The highest BCUT2D eigenvalue weighted by molar-refractivity contribution is 7.89. The number of aromatic carboxylic acids is 1. The average molecular weight is 402 g/mol. The lowest BCUT2D eigenvalue weighted by Crippen LogP contribution is -2.45. The predicted molar refractivity (Wildman–Crippen MR) is 100 cm³/mol. The molecule has 2 N–H and O–H groups in total. The van der Waals surface area contributed by atoms with Crippen LogP contribution in [-0.2, 0) is 19.6 Å². The van der Waals surface area contributed by atoms with Gasteiger partial charge in [-0.05, 0) is 37.6 Å². The van der Waals surface area contributed by atoms with Gasteiger partial charge in [0, 0.05) is 6.42 Å². The number of amides is 2. The number of anilines is 1. The summed E-state index contributed by atoms with van der Waals surface area (Å²) in [5, 5.41) is 11.7. The molecule has 2 amide bonds. The minimum Gasteiger partial charge on any atom is -0.478 e. The quantitative estimate of drug-likeness (QED) is 0.789. The maximum absolute atomic E-state index is 12.9. The molecule has 9 heteroatoms. The highest BCUT2D eigenvalue weighted by atomic mass is 32.2. The molecule has 1 fully saturated rings.